The van der Waals surface area contributed by atoms with E-state index in [0.717, 1.165) is 19.6 Å². The van der Waals surface area contributed by atoms with Gasteiger partial charge in [-0.15, -0.1) is 13.1 Å². The fourth-order valence-corrected chi connectivity index (χ4v) is 2.73. The van der Waals surface area contributed by atoms with Gasteiger partial charge < -0.3 is 10.6 Å². The van der Waals surface area contributed by atoms with Crippen LogP contribution in [0.25, 0.3) is 5.32 Å². The quantitative estimate of drug-likeness (QED) is 0.594. The number of benzene rings is 1. The number of piperidine rings is 1. The maximum Gasteiger partial charge on any atom is 1.00 e. The molecule has 0 bridgehead atoms. The molecule has 2 aliphatic heterocycles. The monoisotopic (exact) mass is 226 g/mol. The number of fused-ring (bicyclic) bond motifs is 2. The summed E-state index contributed by atoms with van der Waals surface area (Å²) in [5.74, 6) is 0. The van der Waals surface area contributed by atoms with E-state index in [0.29, 0.717) is 5.41 Å². The van der Waals surface area contributed by atoms with Crippen LogP contribution in [0.4, 0.5) is 5.69 Å². The Morgan fingerprint density at radius 1 is 1.13 bits per heavy atom. The Hall–Kier alpha value is 0.616. The topological polar surface area (TPSA) is 26.1 Å². The first-order chi connectivity index (χ1) is 6.91. The Bertz CT molecular complexity index is 340. The molecule has 3 heteroatoms. The van der Waals surface area contributed by atoms with E-state index in [4.69, 9.17) is 0 Å². The zero-order chi connectivity index (χ0) is 9.43. The minimum absolute atomic E-state index is 0. The van der Waals surface area contributed by atoms with E-state index >= 15 is 0 Å². The summed E-state index contributed by atoms with van der Waals surface area (Å²) in [7, 11) is 0. The van der Waals surface area contributed by atoms with E-state index < -0.39 is 0 Å². The second-order valence-electron chi connectivity index (χ2n) is 4.35. The predicted molar refractivity (Wildman–Crippen MR) is 58.9 cm³/mol. The van der Waals surface area contributed by atoms with E-state index in [1.165, 1.54) is 24.1 Å². The molecule has 74 valence electrons. The summed E-state index contributed by atoms with van der Waals surface area (Å²) in [6, 6.07) is 8.73. The van der Waals surface area contributed by atoms with Crippen molar-refractivity contribution < 1.29 is 51.4 Å². The number of para-hydroxylation sites is 1. The number of anilines is 1. The summed E-state index contributed by atoms with van der Waals surface area (Å²) in [6.45, 7) is 3.19. The van der Waals surface area contributed by atoms with Gasteiger partial charge in [0.2, 0.25) is 0 Å². The molecule has 1 spiro atoms. The summed E-state index contributed by atoms with van der Waals surface area (Å²) < 4.78 is 0. The zero-order valence-corrected chi connectivity index (χ0v) is 12.4. The molecule has 1 fully saturated rings. The maximum absolute atomic E-state index is 4.44. The number of hydrogen-bond donors (Lipinski definition) is 1. The fourth-order valence-electron chi connectivity index (χ4n) is 2.73. The molecule has 2 aliphatic rings. The average molecular weight is 226 g/mol. The molecule has 3 rings (SSSR count). The molecule has 1 aromatic rings. The molecule has 0 aliphatic carbocycles. The van der Waals surface area contributed by atoms with Crippen molar-refractivity contribution in [3.8, 4) is 0 Å². The summed E-state index contributed by atoms with van der Waals surface area (Å²) in [5, 5.41) is 7.96. The van der Waals surface area contributed by atoms with E-state index in [9.17, 15) is 0 Å². The number of nitrogens with zero attached hydrogens (tertiary/aromatic N) is 1. The molecule has 0 atom stereocenters. The number of hydrogen-bond acceptors (Lipinski definition) is 1. The van der Waals surface area contributed by atoms with Crippen LogP contribution in [0.1, 0.15) is 18.4 Å². The molecule has 0 amide bonds. The van der Waals surface area contributed by atoms with Crippen molar-refractivity contribution in [2.45, 2.75) is 18.3 Å². The van der Waals surface area contributed by atoms with Gasteiger partial charge in [0, 0.05) is 17.6 Å². The largest absolute Gasteiger partial charge is 1.00 e. The Labute approximate surface area is 134 Å². The van der Waals surface area contributed by atoms with Gasteiger partial charge in [-0.2, -0.15) is 0 Å². The van der Waals surface area contributed by atoms with Crippen molar-refractivity contribution in [1.29, 1.82) is 0 Å². The van der Waals surface area contributed by atoms with Gasteiger partial charge in [0.25, 0.3) is 0 Å². The van der Waals surface area contributed by atoms with E-state index in [1.807, 2.05) is 0 Å². The Morgan fingerprint density at radius 2 is 1.87 bits per heavy atom. The first-order valence-corrected chi connectivity index (χ1v) is 5.37. The average Bonchev–Trinajstić information content (AvgIpc) is 2.60. The third kappa shape index (κ3) is 2.06. The van der Waals surface area contributed by atoms with Crippen LogP contribution in [0.3, 0.4) is 0 Å². The molecular formula is C12H15KN2. The normalized spacial score (nSPS) is 21.6. The van der Waals surface area contributed by atoms with E-state index in [2.05, 4.69) is 34.9 Å². The summed E-state index contributed by atoms with van der Waals surface area (Å²) in [4.78, 5) is 0. The van der Waals surface area contributed by atoms with Gasteiger partial charge in [-0.3, -0.25) is 0 Å². The van der Waals surface area contributed by atoms with Crippen molar-refractivity contribution >= 4 is 5.69 Å². The van der Waals surface area contributed by atoms with Crippen LogP contribution in [-0.4, -0.2) is 19.6 Å². The molecule has 1 aromatic carbocycles. The van der Waals surface area contributed by atoms with Gasteiger partial charge in [0.05, 0.1) is 0 Å². The van der Waals surface area contributed by atoms with E-state index in [1.54, 1.807) is 0 Å². The third-order valence-corrected chi connectivity index (χ3v) is 3.61. The van der Waals surface area contributed by atoms with Crippen LogP contribution in [0.15, 0.2) is 24.3 Å². The van der Waals surface area contributed by atoms with Crippen molar-refractivity contribution in [2.24, 2.45) is 0 Å². The smallest absolute Gasteiger partial charge is 0.662 e. The van der Waals surface area contributed by atoms with Crippen molar-refractivity contribution in [3.63, 3.8) is 0 Å². The van der Waals surface area contributed by atoms with Crippen molar-refractivity contribution in [3.05, 3.63) is 35.1 Å². The van der Waals surface area contributed by atoms with Gasteiger partial charge in [-0.05, 0) is 11.6 Å². The minimum Gasteiger partial charge on any atom is -0.662 e. The maximum atomic E-state index is 4.44. The molecule has 0 aromatic heterocycles. The second kappa shape index (κ2) is 4.86. The number of rotatable bonds is 0. The zero-order valence-electron chi connectivity index (χ0n) is 9.29. The van der Waals surface area contributed by atoms with Gasteiger partial charge in [-0.1, -0.05) is 31.0 Å². The molecular weight excluding hydrogens is 211 g/mol. The number of nitrogens with one attached hydrogen (secondary N) is 1. The first-order valence-electron chi connectivity index (χ1n) is 5.37. The standard InChI is InChI=1S/C12H15N2.K/c1-2-4-11-10(3-1)12(9-14-11)5-7-13-8-6-12;/h1-4,14H,5-9H2;/q-1;+1. The molecule has 2 heterocycles. The summed E-state index contributed by atoms with van der Waals surface area (Å²) >= 11 is 0. The van der Waals surface area contributed by atoms with Gasteiger partial charge in [0.1, 0.15) is 0 Å². The molecule has 0 unspecified atom stereocenters. The van der Waals surface area contributed by atoms with Crippen LogP contribution in [0.2, 0.25) is 0 Å². The van der Waals surface area contributed by atoms with Crippen LogP contribution < -0.4 is 56.7 Å². The molecule has 0 saturated carbocycles. The Kier molecular flexibility index (Phi) is 3.91. The molecule has 15 heavy (non-hydrogen) atoms. The molecule has 1 N–H and O–H groups in total. The third-order valence-electron chi connectivity index (χ3n) is 3.61. The van der Waals surface area contributed by atoms with Crippen LogP contribution in [0.5, 0.6) is 0 Å². The Balaban J connectivity index is 0.000000853. The summed E-state index contributed by atoms with van der Waals surface area (Å²) in [5.41, 5.74) is 3.27. The fraction of sp³-hybridized carbons (Fsp3) is 0.500. The van der Waals surface area contributed by atoms with Gasteiger partial charge in [-0.25, -0.2) is 0 Å². The summed E-state index contributed by atoms with van der Waals surface area (Å²) in [6.07, 6.45) is 2.44. The predicted octanol–water partition coefficient (Wildman–Crippen LogP) is -0.479. The van der Waals surface area contributed by atoms with Gasteiger partial charge in [0.15, 0.2) is 0 Å². The molecule has 1 saturated heterocycles. The SMILES string of the molecule is [K+].c1ccc2c(c1)NCC21CC[N-]CC1. The van der Waals surface area contributed by atoms with Gasteiger partial charge >= 0.3 is 51.4 Å². The van der Waals surface area contributed by atoms with Crippen LogP contribution in [0, 0.1) is 0 Å². The molecule has 2 nitrogen and oxygen atoms in total. The Morgan fingerprint density at radius 3 is 2.67 bits per heavy atom. The van der Waals surface area contributed by atoms with E-state index in [-0.39, 0.29) is 51.4 Å². The van der Waals surface area contributed by atoms with Crippen LogP contribution in [-0.2, 0) is 5.41 Å². The van der Waals surface area contributed by atoms with Crippen molar-refractivity contribution in [2.75, 3.05) is 25.0 Å². The second-order valence-corrected chi connectivity index (χ2v) is 4.35. The molecule has 0 radical (unpaired) electrons. The minimum atomic E-state index is 0. The van der Waals surface area contributed by atoms with Crippen molar-refractivity contribution in [1.82, 2.24) is 0 Å². The first kappa shape index (κ1) is 12.1. The van der Waals surface area contributed by atoms with Crippen LogP contribution >= 0.6 is 0 Å².